The van der Waals surface area contributed by atoms with Gasteiger partial charge in [-0.3, -0.25) is 4.68 Å². The van der Waals surface area contributed by atoms with E-state index in [0.717, 1.165) is 25.6 Å². The Labute approximate surface area is 118 Å². The second-order valence-electron chi connectivity index (χ2n) is 5.15. The first-order valence-electron chi connectivity index (χ1n) is 7.19. The highest BCUT2D eigenvalue weighted by molar-refractivity contribution is 9.10. The molecule has 0 saturated heterocycles. The number of nitrogens with zero attached hydrogens (tertiary/aromatic N) is 2. The number of hydrogen-bond acceptors (Lipinski definition) is 2. The van der Waals surface area contributed by atoms with Crippen molar-refractivity contribution in [2.24, 2.45) is 5.92 Å². The minimum absolute atomic E-state index is 0.662. The summed E-state index contributed by atoms with van der Waals surface area (Å²) in [5.74, 6) is 1.42. The number of halogens is 1. The van der Waals surface area contributed by atoms with E-state index in [1.807, 2.05) is 6.20 Å². The topological polar surface area (TPSA) is 29.9 Å². The molecule has 1 heterocycles. The van der Waals surface area contributed by atoms with Gasteiger partial charge in [-0.05, 0) is 54.7 Å². The number of aromatic nitrogens is 2. The summed E-state index contributed by atoms with van der Waals surface area (Å²) in [4.78, 5) is 0. The van der Waals surface area contributed by atoms with Gasteiger partial charge in [0.1, 0.15) is 0 Å². The van der Waals surface area contributed by atoms with Crippen molar-refractivity contribution in [1.29, 1.82) is 0 Å². The molecule has 4 heteroatoms. The molecule has 2 atom stereocenters. The van der Waals surface area contributed by atoms with Gasteiger partial charge in [-0.1, -0.05) is 19.8 Å². The lowest BCUT2D eigenvalue weighted by molar-refractivity contribution is 0.284. The van der Waals surface area contributed by atoms with Crippen LogP contribution in [-0.2, 0) is 6.54 Å². The van der Waals surface area contributed by atoms with Crippen LogP contribution in [0.4, 0.5) is 0 Å². The van der Waals surface area contributed by atoms with E-state index in [1.54, 1.807) is 0 Å². The molecule has 0 radical (unpaired) electrons. The summed E-state index contributed by atoms with van der Waals surface area (Å²) >= 11 is 3.69. The lowest BCUT2D eigenvalue weighted by Gasteiger charge is -2.32. The molecule has 1 aliphatic carbocycles. The van der Waals surface area contributed by atoms with Crippen molar-refractivity contribution in [1.82, 2.24) is 15.1 Å². The third-order valence-electron chi connectivity index (χ3n) is 4.05. The van der Waals surface area contributed by atoms with Crippen LogP contribution < -0.4 is 5.32 Å². The van der Waals surface area contributed by atoms with E-state index in [-0.39, 0.29) is 0 Å². The summed E-state index contributed by atoms with van der Waals surface area (Å²) in [6.45, 7) is 7.53. The molecule has 3 nitrogen and oxygen atoms in total. The first-order chi connectivity index (χ1) is 8.77. The van der Waals surface area contributed by atoms with E-state index in [4.69, 9.17) is 0 Å². The van der Waals surface area contributed by atoms with Gasteiger partial charge in [-0.2, -0.15) is 5.10 Å². The molecule has 2 rings (SSSR count). The van der Waals surface area contributed by atoms with Gasteiger partial charge in [0, 0.05) is 12.5 Å². The smallest absolute Gasteiger partial charge is 0.0635 e. The fourth-order valence-electron chi connectivity index (χ4n) is 3.13. The Morgan fingerprint density at radius 2 is 2.17 bits per heavy atom. The first kappa shape index (κ1) is 14.1. The molecular weight excluding hydrogens is 290 g/mol. The van der Waals surface area contributed by atoms with Gasteiger partial charge in [0.2, 0.25) is 0 Å². The molecule has 0 amide bonds. The van der Waals surface area contributed by atoms with Crippen LogP contribution >= 0.6 is 15.9 Å². The minimum Gasteiger partial charge on any atom is -0.317 e. The number of nitrogens with one attached hydrogen (secondary N) is 1. The Bertz CT molecular complexity index is 375. The summed E-state index contributed by atoms with van der Waals surface area (Å²) in [6.07, 6.45) is 7.34. The maximum absolute atomic E-state index is 4.47. The second kappa shape index (κ2) is 6.71. The van der Waals surface area contributed by atoms with E-state index in [2.05, 4.69) is 44.9 Å². The minimum atomic E-state index is 0.662. The molecule has 1 aromatic heterocycles. The van der Waals surface area contributed by atoms with Crippen molar-refractivity contribution < 1.29 is 0 Å². The average molecular weight is 314 g/mol. The van der Waals surface area contributed by atoms with Crippen molar-refractivity contribution in [3.63, 3.8) is 0 Å². The monoisotopic (exact) mass is 313 g/mol. The van der Waals surface area contributed by atoms with Crippen molar-refractivity contribution in [2.45, 2.75) is 52.0 Å². The molecule has 0 aliphatic heterocycles. The lowest BCUT2D eigenvalue weighted by atomic mass is 9.77. The van der Waals surface area contributed by atoms with Crippen LogP contribution in [0.5, 0.6) is 0 Å². The van der Waals surface area contributed by atoms with E-state index in [1.165, 1.54) is 35.8 Å². The molecule has 18 heavy (non-hydrogen) atoms. The molecular formula is C14H24BrN3. The summed E-state index contributed by atoms with van der Waals surface area (Å²) in [5, 5.41) is 8.00. The molecule has 1 fully saturated rings. The Hall–Kier alpha value is -0.350. The SMILES string of the molecule is CCNCC1CCCCC1c1c(Br)cnn1CC. The molecule has 0 aromatic carbocycles. The molecule has 1 saturated carbocycles. The number of hydrogen-bond donors (Lipinski definition) is 1. The second-order valence-corrected chi connectivity index (χ2v) is 6.01. The van der Waals surface area contributed by atoms with E-state index >= 15 is 0 Å². The highest BCUT2D eigenvalue weighted by atomic mass is 79.9. The maximum atomic E-state index is 4.47. The van der Waals surface area contributed by atoms with Gasteiger partial charge in [-0.25, -0.2) is 0 Å². The zero-order chi connectivity index (χ0) is 13.0. The van der Waals surface area contributed by atoms with Crippen molar-refractivity contribution in [3.05, 3.63) is 16.4 Å². The molecule has 0 spiro atoms. The van der Waals surface area contributed by atoms with Crippen molar-refractivity contribution in [2.75, 3.05) is 13.1 Å². The number of aryl methyl sites for hydroxylation is 1. The lowest BCUT2D eigenvalue weighted by Crippen LogP contribution is -2.30. The van der Waals surface area contributed by atoms with Crippen LogP contribution in [0.1, 0.15) is 51.1 Å². The zero-order valence-corrected chi connectivity index (χ0v) is 13.0. The van der Waals surface area contributed by atoms with Gasteiger partial charge >= 0.3 is 0 Å². The standard InChI is InChI=1S/C14H24BrN3/c1-3-16-9-11-7-5-6-8-12(11)14-13(15)10-17-18(14)4-2/h10-12,16H,3-9H2,1-2H3. The molecule has 2 unspecified atom stereocenters. The first-order valence-corrected chi connectivity index (χ1v) is 7.99. The van der Waals surface area contributed by atoms with E-state index < -0.39 is 0 Å². The van der Waals surface area contributed by atoms with Crippen LogP contribution in [-0.4, -0.2) is 22.9 Å². The summed E-state index contributed by atoms with van der Waals surface area (Å²) in [7, 11) is 0. The van der Waals surface area contributed by atoms with Crippen LogP contribution in [0.15, 0.2) is 10.7 Å². The van der Waals surface area contributed by atoms with Crippen LogP contribution in [0.25, 0.3) is 0 Å². The highest BCUT2D eigenvalue weighted by Crippen LogP contribution is 2.40. The Kier molecular flexibility index (Phi) is 5.25. The maximum Gasteiger partial charge on any atom is 0.0635 e. The molecule has 102 valence electrons. The molecule has 1 aliphatic rings. The van der Waals surface area contributed by atoms with Gasteiger partial charge in [0.15, 0.2) is 0 Å². The molecule has 0 bridgehead atoms. The normalized spacial score (nSPS) is 24.4. The quantitative estimate of drug-likeness (QED) is 0.901. The predicted octanol–water partition coefficient (Wildman–Crippen LogP) is 3.55. The summed E-state index contributed by atoms with van der Waals surface area (Å²) in [6, 6.07) is 0. The average Bonchev–Trinajstić information content (AvgIpc) is 2.77. The third-order valence-corrected chi connectivity index (χ3v) is 4.66. The Balaban J connectivity index is 2.19. The Morgan fingerprint density at radius 3 is 2.89 bits per heavy atom. The zero-order valence-electron chi connectivity index (χ0n) is 11.5. The fraction of sp³-hybridized carbons (Fsp3) is 0.786. The summed E-state index contributed by atoms with van der Waals surface area (Å²) < 4.78 is 3.36. The van der Waals surface area contributed by atoms with Gasteiger partial charge in [0.25, 0.3) is 0 Å². The predicted molar refractivity (Wildman–Crippen MR) is 78.8 cm³/mol. The Morgan fingerprint density at radius 1 is 1.39 bits per heavy atom. The third kappa shape index (κ3) is 2.97. The number of rotatable bonds is 5. The van der Waals surface area contributed by atoms with E-state index in [0.29, 0.717) is 5.92 Å². The highest BCUT2D eigenvalue weighted by Gasteiger charge is 2.30. The van der Waals surface area contributed by atoms with Crippen molar-refractivity contribution >= 4 is 15.9 Å². The van der Waals surface area contributed by atoms with Crippen LogP contribution in [0, 0.1) is 5.92 Å². The van der Waals surface area contributed by atoms with Gasteiger partial charge < -0.3 is 5.32 Å². The van der Waals surface area contributed by atoms with Gasteiger partial charge in [0.05, 0.1) is 16.4 Å². The van der Waals surface area contributed by atoms with Crippen LogP contribution in [0.2, 0.25) is 0 Å². The van der Waals surface area contributed by atoms with Gasteiger partial charge in [-0.15, -0.1) is 0 Å². The van der Waals surface area contributed by atoms with E-state index in [9.17, 15) is 0 Å². The van der Waals surface area contributed by atoms with Crippen LogP contribution in [0.3, 0.4) is 0 Å². The fourth-order valence-corrected chi connectivity index (χ4v) is 3.72. The molecule has 1 aromatic rings. The summed E-state index contributed by atoms with van der Waals surface area (Å²) in [5.41, 5.74) is 1.42. The van der Waals surface area contributed by atoms with Crippen molar-refractivity contribution in [3.8, 4) is 0 Å². The molecule has 1 N–H and O–H groups in total. The largest absolute Gasteiger partial charge is 0.317 e.